The zero-order chi connectivity index (χ0) is 21.1. The lowest BCUT2D eigenvalue weighted by molar-refractivity contribution is 0.0734. The Labute approximate surface area is 173 Å². The van der Waals surface area contributed by atoms with E-state index in [0.29, 0.717) is 10.9 Å². The molecule has 0 saturated heterocycles. The van der Waals surface area contributed by atoms with E-state index in [-0.39, 0.29) is 22.9 Å². The second-order valence-electron chi connectivity index (χ2n) is 7.66. The molecule has 1 amide bonds. The zero-order valence-corrected chi connectivity index (χ0v) is 16.8. The standard InChI is InChI=1S/C24H23NO5/c1-15-7-5-6-10-19(15)23(27)29-18-12-11-16-13-20(24(28)30-21(16)14-18)22(26)25-17-8-3-2-4-9-17/h5-7,10-14,17H,2-4,8-9H2,1H3,(H,25,26). The largest absolute Gasteiger partial charge is 0.423 e. The molecule has 1 heterocycles. The second-order valence-corrected chi connectivity index (χ2v) is 7.66. The summed E-state index contributed by atoms with van der Waals surface area (Å²) in [5.74, 6) is -0.635. The van der Waals surface area contributed by atoms with E-state index in [2.05, 4.69) is 5.32 Å². The summed E-state index contributed by atoms with van der Waals surface area (Å²) in [6, 6.07) is 13.5. The van der Waals surface area contributed by atoms with E-state index in [4.69, 9.17) is 9.15 Å². The van der Waals surface area contributed by atoms with Gasteiger partial charge in [-0.3, -0.25) is 4.79 Å². The molecule has 1 saturated carbocycles. The van der Waals surface area contributed by atoms with Crippen molar-refractivity contribution in [2.24, 2.45) is 0 Å². The normalized spacial score (nSPS) is 14.4. The van der Waals surface area contributed by atoms with Crippen molar-refractivity contribution in [1.29, 1.82) is 0 Å². The van der Waals surface area contributed by atoms with Crippen molar-refractivity contribution >= 4 is 22.8 Å². The minimum Gasteiger partial charge on any atom is -0.423 e. The molecule has 1 aliphatic rings. The van der Waals surface area contributed by atoms with Crippen LogP contribution in [0.5, 0.6) is 5.75 Å². The van der Waals surface area contributed by atoms with Gasteiger partial charge >= 0.3 is 11.6 Å². The summed E-state index contributed by atoms with van der Waals surface area (Å²) in [6.07, 6.45) is 5.21. The monoisotopic (exact) mass is 405 g/mol. The first-order chi connectivity index (χ1) is 14.5. The number of benzene rings is 2. The third-order valence-corrected chi connectivity index (χ3v) is 5.47. The molecule has 4 rings (SSSR count). The molecule has 154 valence electrons. The quantitative estimate of drug-likeness (QED) is 0.395. The first-order valence-electron chi connectivity index (χ1n) is 10.2. The lowest BCUT2D eigenvalue weighted by Crippen LogP contribution is -2.38. The lowest BCUT2D eigenvalue weighted by atomic mass is 9.95. The smallest absolute Gasteiger partial charge is 0.349 e. The summed E-state index contributed by atoms with van der Waals surface area (Å²) in [6.45, 7) is 1.83. The van der Waals surface area contributed by atoms with Crippen LogP contribution in [0.4, 0.5) is 0 Å². The Morgan fingerprint density at radius 2 is 1.77 bits per heavy atom. The van der Waals surface area contributed by atoms with Crippen LogP contribution in [0, 0.1) is 6.92 Å². The van der Waals surface area contributed by atoms with Gasteiger partial charge in [-0.05, 0) is 49.6 Å². The fourth-order valence-corrected chi connectivity index (χ4v) is 3.79. The molecule has 1 N–H and O–H groups in total. The summed E-state index contributed by atoms with van der Waals surface area (Å²) in [5.41, 5.74) is 0.803. The second kappa shape index (κ2) is 8.53. The Morgan fingerprint density at radius 3 is 2.53 bits per heavy atom. The van der Waals surface area contributed by atoms with Gasteiger partial charge in [-0.2, -0.15) is 0 Å². The van der Waals surface area contributed by atoms with Crippen molar-refractivity contribution in [1.82, 2.24) is 5.32 Å². The number of nitrogens with one attached hydrogen (secondary N) is 1. The molecule has 0 radical (unpaired) electrons. The van der Waals surface area contributed by atoms with E-state index in [1.807, 2.05) is 19.1 Å². The molecule has 1 aromatic heterocycles. The van der Waals surface area contributed by atoms with Crippen LogP contribution in [0.1, 0.15) is 58.4 Å². The molecule has 0 spiro atoms. The number of aryl methyl sites for hydroxylation is 1. The van der Waals surface area contributed by atoms with Gasteiger partial charge < -0.3 is 14.5 Å². The summed E-state index contributed by atoms with van der Waals surface area (Å²) in [4.78, 5) is 37.3. The number of carbonyl (C=O) groups excluding carboxylic acids is 2. The molecule has 3 aromatic rings. The molecule has 0 aliphatic heterocycles. The van der Waals surface area contributed by atoms with Crippen molar-refractivity contribution in [3.8, 4) is 5.75 Å². The van der Waals surface area contributed by atoms with Crippen LogP contribution in [-0.4, -0.2) is 17.9 Å². The topological polar surface area (TPSA) is 85.6 Å². The average molecular weight is 405 g/mol. The highest BCUT2D eigenvalue weighted by molar-refractivity contribution is 5.97. The first kappa shape index (κ1) is 19.9. The molecule has 1 fully saturated rings. The Balaban J connectivity index is 1.55. The molecule has 2 aromatic carbocycles. The van der Waals surface area contributed by atoms with Crippen LogP contribution in [-0.2, 0) is 0 Å². The molecule has 30 heavy (non-hydrogen) atoms. The minimum absolute atomic E-state index is 0.0160. The summed E-state index contributed by atoms with van der Waals surface area (Å²) < 4.78 is 10.8. The van der Waals surface area contributed by atoms with Gasteiger partial charge in [-0.1, -0.05) is 37.5 Å². The van der Waals surface area contributed by atoms with Crippen LogP contribution in [0.3, 0.4) is 0 Å². The SMILES string of the molecule is Cc1ccccc1C(=O)Oc1ccc2cc(C(=O)NC3CCCCC3)c(=O)oc2c1. The maximum Gasteiger partial charge on any atom is 0.349 e. The lowest BCUT2D eigenvalue weighted by Gasteiger charge is -2.22. The number of esters is 1. The number of rotatable bonds is 4. The third-order valence-electron chi connectivity index (χ3n) is 5.47. The van der Waals surface area contributed by atoms with E-state index in [1.165, 1.54) is 18.6 Å². The van der Waals surface area contributed by atoms with Gasteiger partial charge in [0, 0.05) is 17.5 Å². The number of hydrogen-bond donors (Lipinski definition) is 1. The van der Waals surface area contributed by atoms with Gasteiger partial charge in [0.15, 0.2) is 0 Å². The molecular formula is C24H23NO5. The summed E-state index contributed by atoms with van der Waals surface area (Å²) in [5, 5.41) is 3.52. The predicted molar refractivity (Wildman–Crippen MR) is 113 cm³/mol. The zero-order valence-electron chi connectivity index (χ0n) is 16.8. The van der Waals surface area contributed by atoms with Gasteiger partial charge in [-0.25, -0.2) is 9.59 Å². The Hall–Kier alpha value is -3.41. The van der Waals surface area contributed by atoms with Crippen LogP contribution in [0.2, 0.25) is 0 Å². The van der Waals surface area contributed by atoms with E-state index >= 15 is 0 Å². The van der Waals surface area contributed by atoms with E-state index < -0.39 is 17.5 Å². The van der Waals surface area contributed by atoms with Crippen molar-refractivity contribution in [2.75, 3.05) is 0 Å². The maximum atomic E-state index is 12.5. The van der Waals surface area contributed by atoms with Crippen molar-refractivity contribution < 1.29 is 18.7 Å². The first-order valence-corrected chi connectivity index (χ1v) is 10.2. The van der Waals surface area contributed by atoms with Crippen LogP contribution < -0.4 is 15.7 Å². The van der Waals surface area contributed by atoms with Crippen LogP contribution in [0.25, 0.3) is 11.0 Å². The number of carbonyl (C=O) groups is 2. The van der Waals surface area contributed by atoms with E-state index in [1.54, 1.807) is 24.3 Å². The van der Waals surface area contributed by atoms with Gasteiger partial charge in [0.2, 0.25) is 0 Å². The number of amides is 1. The van der Waals surface area contributed by atoms with Crippen LogP contribution >= 0.6 is 0 Å². The molecule has 6 heteroatoms. The predicted octanol–water partition coefficient (Wildman–Crippen LogP) is 4.38. The maximum absolute atomic E-state index is 12.5. The van der Waals surface area contributed by atoms with Gasteiger partial charge in [0.1, 0.15) is 16.9 Å². The summed E-state index contributed by atoms with van der Waals surface area (Å²) >= 11 is 0. The average Bonchev–Trinajstić information content (AvgIpc) is 2.74. The van der Waals surface area contributed by atoms with Crippen molar-refractivity contribution in [3.63, 3.8) is 0 Å². The van der Waals surface area contributed by atoms with Gasteiger partial charge in [0.05, 0.1) is 5.56 Å². The Kier molecular flexibility index (Phi) is 5.65. The molecule has 1 aliphatic carbocycles. The van der Waals surface area contributed by atoms with Gasteiger partial charge in [0.25, 0.3) is 5.91 Å². The molecular weight excluding hydrogens is 382 g/mol. The van der Waals surface area contributed by atoms with Crippen LogP contribution in [0.15, 0.2) is 57.7 Å². The van der Waals surface area contributed by atoms with E-state index in [9.17, 15) is 14.4 Å². The van der Waals surface area contributed by atoms with Crippen molar-refractivity contribution in [2.45, 2.75) is 45.1 Å². The molecule has 0 bridgehead atoms. The molecule has 6 nitrogen and oxygen atoms in total. The Bertz CT molecular complexity index is 1160. The highest BCUT2D eigenvalue weighted by Gasteiger charge is 2.20. The highest BCUT2D eigenvalue weighted by Crippen LogP contribution is 2.23. The van der Waals surface area contributed by atoms with E-state index in [0.717, 1.165) is 31.2 Å². The number of hydrogen-bond acceptors (Lipinski definition) is 5. The molecule has 0 atom stereocenters. The van der Waals surface area contributed by atoms with Gasteiger partial charge in [-0.15, -0.1) is 0 Å². The minimum atomic E-state index is -0.710. The fourth-order valence-electron chi connectivity index (χ4n) is 3.79. The number of ether oxygens (including phenoxy) is 1. The highest BCUT2D eigenvalue weighted by atomic mass is 16.5. The fraction of sp³-hybridized carbons (Fsp3) is 0.292. The molecule has 0 unspecified atom stereocenters. The third kappa shape index (κ3) is 4.27. The number of fused-ring (bicyclic) bond motifs is 1. The summed E-state index contributed by atoms with van der Waals surface area (Å²) in [7, 11) is 0. The van der Waals surface area contributed by atoms with Crippen molar-refractivity contribution in [3.05, 3.63) is 75.6 Å². The Morgan fingerprint density at radius 1 is 1.00 bits per heavy atom.